The number of hydrogen-bond donors (Lipinski definition) is 1. The first-order valence-electron chi connectivity index (χ1n) is 8.42. The summed E-state index contributed by atoms with van der Waals surface area (Å²) >= 11 is 0. The Kier molecular flexibility index (Phi) is 6.37. The molecule has 134 valence electrons. The van der Waals surface area contributed by atoms with Gasteiger partial charge in [0.25, 0.3) is 5.91 Å². The number of likely N-dealkylation sites (N-methyl/N-ethyl adjacent to an activating group) is 1. The first kappa shape index (κ1) is 18.9. The number of carbonyl (C=O) groups excluding carboxylic acids is 1. The summed E-state index contributed by atoms with van der Waals surface area (Å²) in [5.41, 5.74) is 0.244. The third kappa shape index (κ3) is 3.96. The monoisotopic (exact) mass is 353 g/mol. The second kappa shape index (κ2) is 8.09. The minimum Gasteiger partial charge on any atom is -0.342 e. The molecule has 1 N–H and O–H groups in total. The van der Waals surface area contributed by atoms with E-state index in [9.17, 15) is 13.2 Å². The average molecular weight is 353 g/mol. The Labute approximate surface area is 144 Å². The van der Waals surface area contributed by atoms with Crippen LogP contribution < -0.4 is 5.32 Å². The summed E-state index contributed by atoms with van der Waals surface area (Å²) in [5.74, 6) is -0.249. The third-order valence-electron chi connectivity index (χ3n) is 4.52. The molecule has 0 bridgehead atoms. The number of sulfonamides is 1. The number of unbranched alkanes of at least 4 members (excludes halogenated alkanes) is 1. The second-order valence-electron chi connectivity index (χ2n) is 6.24. The van der Waals surface area contributed by atoms with E-state index in [-0.39, 0.29) is 22.4 Å². The summed E-state index contributed by atoms with van der Waals surface area (Å²) in [5, 5.41) is 3.17. The summed E-state index contributed by atoms with van der Waals surface area (Å²) in [4.78, 5) is 14.4. The highest BCUT2D eigenvalue weighted by Crippen LogP contribution is 2.23. The summed E-state index contributed by atoms with van der Waals surface area (Å²) in [7, 11) is -0.400. The van der Waals surface area contributed by atoms with E-state index in [2.05, 4.69) is 12.2 Å². The number of hydrogen-bond acceptors (Lipinski definition) is 4. The van der Waals surface area contributed by atoms with Gasteiger partial charge >= 0.3 is 0 Å². The maximum atomic E-state index is 13.0. The van der Waals surface area contributed by atoms with Gasteiger partial charge in [-0.15, -0.1) is 0 Å². The first-order valence-corrected chi connectivity index (χ1v) is 9.86. The van der Waals surface area contributed by atoms with Crippen molar-refractivity contribution >= 4 is 15.9 Å². The molecule has 1 atom stereocenters. The van der Waals surface area contributed by atoms with Gasteiger partial charge in [0.05, 0.1) is 10.5 Å². The van der Waals surface area contributed by atoms with Crippen LogP contribution in [0.4, 0.5) is 0 Å². The van der Waals surface area contributed by atoms with E-state index in [0.29, 0.717) is 13.1 Å². The fourth-order valence-electron chi connectivity index (χ4n) is 2.87. The van der Waals surface area contributed by atoms with E-state index < -0.39 is 10.0 Å². The highest BCUT2D eigenvalue weighted by atomic mass is 32.2. The molecule has 0 aromatic heterocycles. The van der Waals surface area contributed by atoms with Crippen molar-refractivity contribution < 1.29 is 13.2 Å². The normalized spacial score (nSPS) is 18.1. The van der Waals surface area contributed by atoms with Gasteiger partial charge in [0.1, 0.15) is 0 Å². The first-order chi connectivity index (χ1) is 11.4. The van der Waals surface area contributed by atoms with Crippen LogP contribution in [0.3, 0.4) is 0 Å². The molecule has 1 aliphatic heterocycles. The van der Waals surface area contributed by atoms with Gasteiger partial charge in [0, 0.05) is 33.2 Å². The number of rotatable bonds is 7. The molecule has 1 heterocycles. The zero-order valence-corrected chi connectivity index (χ0v) is 15.5. The number of amides is 1. The van der Waals surface area contributed by atoms with E-state index >= 15 is 0 Å². The molecule has 7 heteroatoms. The Hall–Kier alpha value is -1.44. The lowest BCUT2D eigenvalue weighted by Crippen LogP contribution is -2.39. The molecule has 1 unspecified atom stereocenters. The summed E-state index contributed by atoms with van der Waals surface area (Å²) < 4.78 is 27.4. The van der Waals surface area contributed by atoms with E-state index in [1.165, 1.54) is 10.4 Å². The van der Waals surface area contributed by atoms with Gasteiger partial charge in [-0.2, -0.15) is 4.31 Å². The van der Waals surface area contributed by atoms with Crippen LogP contribution in [0.5, 0.6) is 0 Å². The van der Waals surface area contributed by atoms with Crippen LogP contribution in [0.2, 0.25) is 0 Å². The predicted molar refractivity (Wildman–Crippen MR) is 94.5 cm³/mol. The summed E-state index contributed by atoms with van der Waals surface area (Å²) in [6.45, 7) is 4.13. The van der Waals surface area contributed by atoms with Crippen molar-refractivity contribution in [1.82, 2.24) is 14.5 Å². The minimum absolute atomic E-state index is 0.0732. The Morgan fingerprint density at radius 2 is 2.00 bits per heavy atom. The molecule has 0 radical (unpaired) electrons. The molecular formula is C17H27N3O3S. The molecule has 0 aliphatic carbocycles. The highest BCUT2D eigenvalue weighted by molar-refractivity contribution is 7.89. The second-order valence-corrected chi connectivity index (χ2v) is 8.21. The van der Waals surface area contributed by atoms with Crippen molar-refractivity contribution in [2.24, 2.45) is 0 Å². The van der Waals surface area contributed by atoms with Gasteiger partial charge in [-0.1, -0.05) is 25.5 Å². The molecule has 6 nitrogen and oxygen atoms in total. The van der Waals surface area contributed by atoms with E-state index in [1.807, 2.05) is 0 Å². The quantitative estimate of drug-likeness (QED) is 0.807. The predicted octanol–water partition coefficient (Wildman–Crippen LogP) is 1.54. The SMILES string of the molecule is CCCCN(C)C(=O)c1ccccc1S(=O)(=O)N(C)C1CCNC1. The van der Waals surface area contributed by atoms with Gasteiger partial charge in [0.15, 0.2) is 0 Å². The molecule has 1 amide bonds. The molecule has 0 spiro atoms. The van der Waals surface area contributed by atoms with Crippen LogP contribution in [-0.2, 0) is 10.0 Å². The van der Waals surface area contributed by atoms with E-state index in [4.69, 9.17) is 0 Å². The Morgan fingerprint density at radius 1 is 1.29 bits per heavy atom. The molecule has 1 fully saturated rings. The van der Waals surface area contributed by atoms with Crippen molar-refractivity contribution in [2.45, 2.75) is 37.1 Å². The molecule has 1 aliphatic rings. The Morgan fingerprint density at radius 3 is 2.62 bits per heavy atom. The smallest absolute Gasteiger partial charge is 0.254 e. The summed E-state index contributed by atoms with van der Waals surface area (Å²) in [6, 6.07) is 6.41. The van der Waals surface area contributed by atoms with Gasteiger partial charge < -0.3 is 10.2 Å². The van der Waals surface area contributed by atoms with Crippen LogP contribution in [0.15, 0.2) is 29.2 Å². The molecule has 0 saturated carbocycles. The van der Waals surface area contributed by atoms with Gasteiger partial charge in [-0.05, 0) is 31.5 Å². The topological polar surface area (TPSA) is 69.7 Å². The lowest BCUT2D eigenvalue weighted by Gasteiger charge is -2.25. The maximum absolute atomic E-state index is 13.0. The molecular weight excluding hydrogens is 326 g/mol. The lowest BCUT2D eigenvalue weighted by atomic mass is 10.2. The van der Waals surface area contributed by atoms with Crippen molar-refractivity contribution in [3.63, 3.8) is 0 Å². The standard InChI is InChI=1S/C17H27N3O3S/c1-4-5-12-19(2)17(21)15-8-6-7-9-16(15)24(22,23)20(3)14-10-11-18-13-14/h6-9,14,18H,4-5,10-13H2,1-3H3. The Balaban J connectivity index is 2.32. The van der Waals surface area contributed by atoms with Crippen LogP contribution in [-0.4, -0.2) is 63.3 Å². The lowest BCUT2D eigenvalue weighted by molar-refractivity contribution is 0.0789. The van der Waals surface area contributed by atoms with Crippen molar-refractivity contribution in [2.75, 3.05) is 33.7 Å². The van der Waals surface area contributed by atoms with Crippen LogP contribution in [0, 0.1) is 0 Å². The molecule has 1 saturated heterocycles. The number of nitrogens with one attached hydrogen (secondary N) is 1. The number of nitrogens with zero attached hydrogens (tertiary/aromatic N) is 2. The molecule has 1 aromatic rings. The van der Waals surface area contributed by atoms with E-state index in [0.717, 1.165) is 25.8 Å². The van der Waals surface area contributed by atoms with Gasteiger partial charge in [-0.3, -0.25) is 4.79 Å². The zero-order valence-electron chi connectivity index (χ0n) is 14.7. The van der Waals surface area contributed by atoms with Gasteiger partial charge in [0.2, 0.25) is 10.0 Å². The molecule has 2 rings (SSSR count). The fourth-order valence-corrected chi connectivity index (χ4v) is 4.44. The minimum atomic E-state index is -3.71. The summed E-state index contributed by atoms with van der Waals surface area (Å²) in [6.07, 6.45) is 2.65. The highest BCUT2D eigenvalue weighted by Gasteiger charge is 2.33. The average Bonchev–Trinajstić information content (AvgIpc) is 3.12. The van der Waals surface area contributed by atoms with Crippen molar-refractivity contribution in [3.8, 4) is 0 Å². The fraction of sp³-hybridized carbons (Fsp3) is 0.588. The van der Waals surface area contributed by atoms with Crippen LogP contribution in [0.1, 0.15) is 36.5 Å². The van der Waals surface area contributed by atoms with Crippen molar-refractivity contribution in [3.05, 3.63) is 29.8 Å². The Bertz CT molecular complexity index is 669. The maximum Gasteiger partial charge on any atom is 0.254 e. The number of benzene rings is 1. The third-order valence-corrected chi connectivity index (χ3v) is 6.49. The van der Waals surface area contributed by atoms with E-state index in [1.54, 1.807) is 37.2 Å². The van der Waals surface area contributed by atoms with Gasteiger partial charge in [-0.25, -0.2) is 8.42 Å². The van der Waals surface area contributed by atoms with Crippen LogP contribution >= 0.6 is 0 Å². The number of carbonyl (C=O) groups is 1. The zero-order chi connectivity index (χ0) is 17.7. The molecule has 24 heavy (non-hydrogen) atoms. The molecule has 1 aromatic carbocycles. The largest absolute Gasteiger partial charge is 0.342 e. The van der Waals surface area contributed by atoms with Crippen LogP contribution in [0.25, 0.3) is 0 Å². The van der Waals surface area contributed by atoms with Crippen molar-refractivity contribution in [1.29, 1.82) is 0 Å².